The van der Waals surface area contributed by atoms with E-state index in [-0.39, 0.29) is 6.04 Å². The Bertz CT molecular complexity index is 351. The molecule has 0 aliphatic carbocycles. The lowest BCUT2D eigenvalue weighted by Gasteiger charge is -2.29. The number of nitrogens with zero attached hydrogens (tertiary/aromatic N) is 1. The summed E-state index contributed by atoms with van der Waals surface area (Å²) in [6, 6.07) is 2.18. The molecule has 0 aromatic carbocycles. The molecule has 0 saturated carbocycles. The van der Waals surface area contributed by atoms with Gasteiger partial charge in [0.15, 0.2) is 0 Å². The number of ether oxygens (including phenoxy) is 2. The number of hydrogen-bond acceptors (Lipinski definition) is 5. The summed E-state index contributed by atoms with van der Waals surface area (Å²) in [4.78, 5) is 3.42. The van der Waals surface area contributed by atoms with Crippen molar-refractivity contribution in [3.8, 4) is 0 Å². The molecule has 7 heteroatoms. The number of halogens is 2. The Kier molecular flexibility index (Phi) is 8.48. The molecular formula is C12H20BrClN2O2S. The van der Waals surface area contributed by atoms with E-state index in [1.165, 1.54) is 0 Å². The molecule has 0 aliphatic rings. The number of thiophene rings is 1. The Balaban J connectivity index is 2.81. The first-order valence-electron chi connectivity index (χ1n) is 6.00. The van der Waals surface area contributed by atoms with Gasteiger partial charge in [-0.3, -0.25) is 4.90 Å². The van der Waals surface area contributed by atoms with Crippen molar-refractivity contribution in [3.05, 3.63) is 19.8 Å². The number of methoxy groups -OCH3 is 2. The summed E-state index contributed by atoms with van der Waals surface area (Å²) < 4.78 is 12.0. The molecule has 2 N–H and O–H groups in total. The maximum atomic E-state index is 6.11. The second kappa shape index (κ2) is 9.28. The molecule has 0 aliphatic heterocycles. The van der Waals surface area contributed by atoms with Crippen LogP contribution in [-0.4, -0.2) is 52.0 Å². The van der Waals surface area contributed by atoms with Gasteiger partial charge in [0, 0.05) is 43.2 Å². The van der Waals surface area contributed by atoms with Crippen LogP contribution in [0.3, 0.4) is 0 Å². The van der Waals surface area contributed by atoms with Crippen molar-refractivity contribution in [1.29, 1.82) is 0 Å². The largest absolute Gasteiger partial charge is 0.383 e. The highest BCUT2D eigenvalue weighted by Gasteiger charge is 2.21. The van der Waals surface area contributed by atoms with Crippen LogP contribution >= 0.6 is 38.9 Å². The summed E-state index contributed by atoms with van der Waals surface area (Å²) in [6.45, 7) is 3.50. The van der Waals surface area contributed by atoms with Crippen molar-refractivity contribution in [2.24, 2.45) is 5.73 Å². The minimum absolute atomic E-state index is 0.138. The Morgan fingerprint density at radius 1 is 1.37 bits per heavy atom. The third kappa shape index (κ3) is 5.30. The standard InChI is InChI=1S/C12H20BrClN2O2S/c1-17-5-3-16(4-6-18-2)10(8-15)11-7-9(13)12(14)19-11/h7,10H,3-6,8,15H2,1-2H3. The molecule has 19 heavy (non-hydrogen) atoms. The van der Waals surface area contributed by atoms with Crippen LogP contribution in [0.2, 0.25) is 4.34 Å². The molecule has 0 amide bonds. The van der Waals surface area contributed by atoms with Crippen molar-refractivity contribution in [3.63, 3.8) is 0 Å². The van der Waals surface area contributed by atoms with Crippen LogP contribution in [0.15, 0.2) is 10.5 Å². The van der Waals surface area contributed by atoms with E-state index >= 15 is 0 Å². The van der Waals surface area contributed by atoms with Gasteiger partial charge in [-0.15, -0.1) is 11.3 Å². The van der Waals surface area contributed by atoms with Crippen LogP contribution in [0.25, 0.3) is 0 Å². The van der Waals surface area contributed by atoms with Crippen LogP contribution in [0, 0.1) is 0 Å². The van der Waals surface area contributed by atoms with Gasteiger partial charge in [-0.2, -0.15) is 0 Å². The molecule has 110 valence electrons. The smallest absolute Gasteiger partial charge is 0.107 e. The Morgan fingerprint density at radius 3 is 2.32 bits per heavy atom. The zero-order valence-electron chi connectivity index (χ0n) is 11.2. The van der Waals surface area contributed by atoms with Crippen LogP contribution in [0.4, 0.5) is 0 Å². The van der Waals surface area contributed by atoms with E-state index in [2.05, 4.69) is 20.8 Å². The van der Waals surface area contributed by atoms with Gasteiger partial charge in [-0.05, 0) is 22.0 Å². The predicted octanol–water partition coefficient (Wildman–Crippen LogP) is 2.76. The van der Waals surface area contributed by atoms with Gasteiger partial charge in [0.2, 0.25) is 0 Å². The van der Waals surface area contributed by atoms with E-state index in [1.807, 2.05) is 6.07 Å². The van der Waals surface area contributed by atoms with E-state index in [4.69, 9.17) is 26.8 Å². The van der Waals surface area contributed by atoms with Crippen molar-refractivity contribution in [1.82, 2.24) is 4.90 Å². The lowest BCUT2D eigenvalue weighted by molar-refractivity contribution is 0.0901. The van der Waals surface area contributed by atoms with E-state index in [0.29, 0.717) is 19.8 Å². The molecule has 0 spiro atoms. The first-order valence-corrected chi connectivity index (χ1v) is 7.99. The van der Waals surface area contributed by atoms with Crippen molar-refractivity contribution in [2.45, 2.75) is 6.04 Å². The third-order valence-corrected chi connectivity index (χ3v) is 5.40. The maximum Gasteiger partial charge on any atom is 0.107 e. The minimum atomic E-state index is 0.138. The van der Waals surface area contributed by atoms with Crippen LogP contribution in [0.5, 0.6) is 0 Å². The van der Waals surface area contributed by atoms with E-state index in [0.717, 1.165) is 26.8 Å². The molecule has 0 fully saturated rings. The molecule has 0 saturated heterocycles. The van der Waals surface area contributed by atoms with Crippen molar-refractivity contribution in [2.75, 3.05) is 47.1 Å². The summed E-state index contributed by atoms with van der Waals surface area (Å²) in [7, 11) is 3.40. The summed E-state index contributed by atoms with van der Waals surface area (Å²) in [6.07, 6.45) is 0. The van der Waals surface area contributed by atoms with Gasteiger partial charge in [0.1, 0.15) is 4.34 Å². The zero-order valence-corrected chi connectivity index (χ0v) is 14.4. The van der Waals surface area contributed by atoms with Crippen molar-refractivity contribution >= 4 is 38.9 Å². The monoisotopic (exact) mass is 370 g/mol. The molecule has 0 bridgehead atoms. The highest BCUT2D eigenvalue weighted by molar-refractivity contribution is 9.10. The fraction of sp³-hybridized carbons (Fsp3) is 0.667. The molecule has 1 atom stereocenters. The SMILES string of the molecule is COCCN(CCOC)C(CN)c1cc(Br)c(Cl)s1. The average molecular weight is 372 g/mol. The van der Waals surface area contributed by atoms with Gasteiger partial charge in [0.05, 0.1) is 19.3 Å². The third-order valence-electron chi connectivity index (χ3n) is 2.82. The average Bonchev–Trinajstić information content (AvgIpc) is 2.72. The van der Waals surface area contributed by atoms with E-state index in [1.54, 1.807) is 25.6 Å². The van der Waals surface area contributed by atoms with E-state index < -0.39 is 0 Å². The van der Waals surface area contributed by atoms with Crippen molar-refractivity contribution < 1.29 is 9.47 Å². The Labute approximate surface area is 131 Å². The van der Waals surface area contributed by atoms with Gasteiger partial charge in [-0.25, -0.2) is 0 Å². The van der Waals surface area contributed by atoms with Crippen LogP contribution < -0.4 is 5.73 Å². The summed E-state index contributed by atoms with van der Waals surface area (Å²) in [5, 5.41) is 0. The predicted molar refractivity (Wildman–Crippen MR) is 84.1 cm³/mol. The van der Waals surface area contributed by atoms with E-state index in [9.17, 15) is 0 Å². The first kappa shape index (κ1) is 17.4. The molecule has 0 radical (unpaired) electrons. The van der Waals surface area contributed by atoms with Gasteiger partial charge >= 0.3 is 0 Å². The summed E-state index contributed by atoms with van der Waals surface area (Å²) >= 11 is 11.1. The molecule has 1 unspecified atom stereocenters. The van der Waals surface area contributed by atoms with Gasteiger partial charge < -0.3 is 15.2 Å². The fourth-order valence-corrected chi connectivity index (χ4v) is 3.70. The topological polar surface area (TPSA) is 47.7 Å². The highest BCUT2D eigenvalue weighted by Crippen LogP contribution is 2.36. The summed E-state index contributed by atoms with van der Waals surface area (Å²) in [5.74, 6) is 0. The second-order valence-corrected chi connectivity index (χ2v) is 6.58. The first-order chi connectivity index (χ1) is 9.13. The fourth-order valence-electron chi connectivity index (χ4n) is 1.81. The molecular weight excluding hydrogens is 352 g/mol. The molecule has 1 rings (SSSR count). The Hall–Kier alpha value is 0.310. The molecule has 1 aromatic rings. The maximum absolute atomic E-state index is 6.11. The lowest BCUT2D eigenvalue weighted by Crippen LogP contribution is -2.37. The van der Waals surface area contributed by atoms with Crippen LogP contribution in [0.1, 0.15) is 10.9 Å². The quantitative estimate of drug-likeness (QED) is 0.725. The minimum Gasteiger partial charge on any atom is -0.383 e. The Morgan fingerprint density at radius 2 is 1.95 bits per heavy atom. The number of hydrogen-bond donors (Lipinski definition) is 1. The molecule has 4 nitrogen and oxygen atoms in total. The van der Waals surface area contributed by atoms with Gasteiger partial charge in [-0.1, -0.05) is 11.6 Å². The molecule has 1 heterocycles. The number of nitrogens with two attached hydrogens (primary N) is 1. The zero-order chi connectivity index (χ0) is 14.3. The lowest BCUT2D eigenvalue weighted by atomic mass is 10.2. The van der Waals surface area contributed by atoms with Gasteiger partial charge in [0.25, 0.3) is 0 Å². The summed E-state index contributed by atoms with van der Waals surface area (Å²) in [5.41, 5.74) is 5.93. The normalized spacial score (nSPS) is 13.2. The number of rotatable bonds is 9. The highest BCUT2D eigenvalue weighted by atomic mass is 79.9. The molecule has 1 aromatic heterocycles. The van der Waals surface area contributed by atoms with Crippen LogP contribution in [-0.2, 0) is 9.47 Å². The second-order valence-electron chi connectivity index (χ2n) is 4.04.